The largest absolute Gasteiger partial charge is 0.362 e. The van der Waals surface area contributed by atoms with Gasteiger partial charge in [-0.05, 0) is 12.1 Å². The van der Waals surface area contributed by atoms with Crippen molar-refractivity contribution >= 4 is 11.6 Å². The Morgan fingerprint density at radius 2 is 1.88 bits per heavy atom. The zero-order valence-electron chi connectivity index (χ0n) is 10.0. The number of likely N-dealkylation sites (tertiary alicyclic amines) is 1. The smallest absolute Gasteiger partial charge is 0.255 e. The summed E-state index contributed by atoms with van der Waals surface area (Å²) >= 11 is 0. The number of carbonyl (C=O) groups excluding carboxylic acids is 1. The molecule has 2 aliphatic heterocycles. The number of quaternary nitrogens is 1. The summed E-state index contributed by atoms with van der Waals surface area (Å²) in [6, 6.07) is 7.72. The quantitative estimate of drug-likeness (QED) is 0.582. The lowest BCUT2D eigenvalue weighted by molar-refractivity contribution is -0.886. The first-order valence-electron chi connectivity index (χ1n) is 6.20. The number of para-hydroxylation sites is 1. The number of rotatable bonds is 0. The van der Waals surface area contributed by atoms with Crippen LogP contribution in [0.2, 0.25) is 0 Å². The topological polar surface area (TPSA) is 45.6 Å². The molecular weight excluding hydrogens is 214 g/mol. The molecule has 90 valence electrons. The van der Waals surface area contributed by atoms with E-state index in [2.05, 4.69) is 17.7 Å². The average molecular weight is 232 g/mol. The molecule has 0 aromatic heterocycles. The van der Waals surface area contributed by atoms with Crippen molar-refractivity contribution in [3.63, 3.8) is 0 Å². The minimum absolute atomic E-state index is 0.0545. The summed E-state index contributed by atoms with van der Waals surface area (Å²) in [6.07, 6.45) is 1.97. The van der Waals surface area contributed by atoms with Gasteiger partial charge >= 0.3 is 0 Å². The Hall–Kier alpha value is -1.55. The highest BCUT2D eigenvalue weighted by atomic mass is 16.2. The van der Waals surface area contributed by atoms with Crippen LogP contribution in [-0.2, 0) is 0 Å². The summed E-state index contributed by atoms with van der Waals surface area (Å²) in [4.78, 5) is 13.6. The van der Waals surface area contributed by atoms with Crippen molar-refractivity contribution in [2.75, 3.05) is 25.5 Å². The van der Waals surface area contributed by atoms with Crippen molar-refractivity contribution in [2.45, 2.75) is 18.5 Å². The van der Waals surface area contributed by atoms with Crippen LogP contribution in [0.3, 0.4) is 0 Å². The van der Waals surface area contributed by atoms with Crippen LogP contribution in [0.5, 0.6) is 0 Å². The second-order valence-corrected chi connectivity index (χ2v) is 5.16. The van der Waals surface area contributed by atoms with Gasteiger partial charge in [0.2, 0.25) is 0 Å². The van der Waals surface area contributed by atoms with Gasteiger partial charge in [-0.15, -0.1) is 0 Å². The highest BCUT2D eigenvalue weighted by Crippen LogP contribution is 2.28. The number of amides is 1. The highest BCUT2D eigenvalue weighted by Gasteiger charge is 2.40. The fraction of sp³-hybridized carbons (Fsp3) is 0.462. The van der Waals surface area contributed by atoms with Crippen molar-refractivity contribution < 1.29 is 9.69 Å². The minimum Gasteiger partial charge on any atom is -0.362 e. The molecule has 3 rings (SSSR count). The van der Waals surface area contributed by atoms with Crippen LogP contribution in [0.15, 0.2) is 24.3 Å². The van der Waals surface area contributed by atoms with Crippen molar-refractivity contribution in [3.8, 4) is 0 Å². The van der Waals surface area contributed by atoms with E-state index in [9.17, 15) is 4.79 Å². The molecule has 3 N–H and O–H groups in total. The van der Waals surface area contributed by atoms with E-state index in [0.29, 0.717) is 0 Å². The van der Waals surface area contributed by atoms with Crippen LogP contribution in [-0.4, -0.2) is 31.7 Å². The zero-order chi connectivity index (χ0) is 11.9. The standard InChI is InChI=1S/C13H17N3O/c1-16-8-6-13(7-9-16)14-11-5-3-2-4-10(11)12(17)15-13/h2-5,14H,6-9H2,1H3,(H,15,17)/p+1. The molecule has 4 heteroatoms. The number of nitrogens with one attached hydrogen (secondary N) is 3. The normalized spacial score (nSPS) is 31.6. The first-order valence-corrected chi connectivity index (χ1v) is 6.20. The van der Waals surface area contributed by atoms with Gasteiger partial charge in [0.25, 0.3) is 5.91 Å². The number of benzene rings is 1. The molecule has 17 heavy (non-hydrogen) atoms. The monoisotopic (exact) mass is 232 g/mol. The maximum absolute atomic E-state index is 12.1. The summed E-state index contributed by atoms with van der Waals surface area (Å²) in [5.74, 6) is 0.0545. The van der Waals surface area contributed by atoms with Crippen LogP contribution >= 0.6 is 0 Å². The molecule has 0 radical (unpaired) electrons. The van der Waals surface area contributed by atoms with Gasteiger partial charge in [-0.25, -0.2) is 0 Å². The van der Waals surface area contributed by atoms with E-state index in [0.717, 1.165) is 37.2 Å². The molecule has 1 saturated heterocycles. The molecule has 4 nitrogen and oxygen atoms in total. The van der Waals surface area contributed by atoms with Gasteiger partial charge in [0.15, 0.2) is 0 Å². The number of hydrogen-bond acceptors (Lipinski definition) is 2. The van der Waals surface area contributed by atoms with Gasteiger partial charge in [0, 0.05) is 18.5 Å². The Morgan fingerprint density at radius 1 is 1.18 bits per heavy atom. The van der Waals surface area contributed by atoms with Gasteiger partial charge in [-0.2, -0.15) is 0 Å². The predicted molar refractivity (Wildman–Crippen MR) is 66.1 cm³/mol. The number of hydrogen-bond donors (Lipinski definition) is 3. The third kappa shape index (κ3) is 1.78. The van der Waals surface area contributed by atoms with Crippen molar-refractivity contribution in [1.82, 2.24) is 5.32 Å². The molecule has 0 saturated carbocycles. The number of fused-ring (bicyclic) bond motifs is 1. The fourth-order valence-electron chi connectivity index (χ4n) is 2.72. The van der Waals surface area contributed by atoms with Gasteiger partial charge in [0.05, 0.1) is 25.7 Å². The van der Waals surface area contributed by atoms with Crippen LogP contribution in [0, 0.1) is 0 Å². The first-order chi connectivity index (χ1) is 8.19. The van der Waals surface area contributed by atoms with Crippen LogP contribution in [0.25, 0.3) is 0 Å². The molecule has 2 aliphatic rings. The lowest BCUT2D eigenvalue weighted by atomic mass is 9.93. The predicted octanol–water partition coefficient (Wildman–Crippen LogP) is -0.153. The Balaban J connectivity index is 1.91. The van der Waals surface area contributed by atoms with E-state index in [1.54, 1.807) is 0 Å². The van der Waals surface area contributed by atoms with Crippen LogP contribution in [0.1, 0.15) is 23.2 Å². The van der Waals surface area contributed by atoms with E-state index >= 15 is 0 Å². The summed E-state index contributed by atoms with van der Waals surface area (Å²) in [7, 11) is 2.20. The molecule has 1 fully saturated rings. The molecule has 2 heterocycles. The third-order valence-electron chi connectivity index (χ3n) is 3.86. The molecular formula is C13H18N3O+. The lowest BCUT2D eigenvalue weighted by Crippen LogP contribution is -3.11. The molecule has 0 bridgehead atoms. The van der Waals surface area contributed by atoms with E-state index < -0.39 is 0 Å². The fourth-order valence-corrected chi connectivity index (χ4v) is 2.72. The Morgan fingerprint density at radius 3 is 2.65 bits per heavy atom. The molecule has 1 amide bonds. The molecule has 1 spiro atoms. The van der Waals surface area contributed by atoms with E-state index in [1.165, 1.54) is 4.90 Å². The summed E-state index contributed by atoms with van der Waals surface area (Å²) in [5.41, 5.74) is 1.51. The SMILES string of the molecule is C[NH+]1CCC2(CC1)NC(=O)c1ccccc1N2. The molecule has 0 aliphatic carbocycles. The van der Waals surface area contributed by atoms with Crippen LogP contribution in [0.4, 0.5) is 5.69 Å². The number of anilines is 1. The maximum atomic E-state index is 12.1. The summed E-state index contributed by atoms with van der Waals surface area (Å²) in [6.45, 7) is 2.19. The molecule has 0 atom stereocenters. The second-order valence-electron chi connectivity index (χ2n) is 5.16. The first kappa shape index (κ1) is 10.6. The van der Waals surface area contributed by atoms with Gasteiger partial charge in [0.1, 0.15) is 5.66 Å². The number of piperidine rings is 1. The average Bonchev–Trinajstić information content (AvgIpc) is 2.34. The summed E-state index contributed by atoms with van der Waals surface area (Å²) < 4.78 is 0. The van der Waals surface area contributed by atoms with Gasteiger partial charge < -0.3 is 15.5 Å². The maximum Gasteiger partial charge on any atom is 0.255 e. The molecule has 1 aromatic carbocycles. The highest BCUT2D eigenvalue weighted by molar-refractivity contribution is 6.02. The Bertz CT molecular complexity index is 450. The summed E-state index contributed by atoms with van der Waals surface area (Å²) in [5, 5.41) is 6.66. The Kier molecular flexibility index (Phi) is 2.33. The van der Waals surface area contributed by atoms with Crippen LogP contribution < -0.4 is 15.5 Å². The van der Waals surface area contributed by atoms with Gasteiger partial charge in [-0.1, -0.05) is 12.1 Å². The zero-order valence-corrected chi connectivity index (χ0v) is 10.0. The second kappa shape index (κ2) is 3.74. The van der Waals surface area contributed by atoms with Crippen molar-refractivity contribution in [3.05, 3.63) is 29.8 Å². The lowest BCUT2D eigenvalue weighted by Gasteiger charge is -2.43. The van der Waals surface area contributed by atoms with Crippen molar-refractivity contribution in [2.24, 2.45) is 0 Å². The molecule has 0 unspecified atom stereocenters. The number of carbonyl (C=O) groups is 1. The minimum atomic E-state index is -0.217. The van der Waals surface area contributed by atoms with E-state index in [-0.39, 0.29) is 11.6 Å². The molecule has 1 aromatic rings. The van der Waals surface area contributed by atoms with E-state index in [4.69, 9.17) is 0 Å². The third-order valence-corrected chi connectivity index (χ3v) is 3.86. The van der Waals surface area contributed by atoms with Crippen molar-refractivity contribution in [1.29, 1.82) is 0 Å². The van der Waals surface area contributed by atoms with E-state index in [1.807, 2.05) is 24.3 Å². The van der Waals surface area contributed by atoms with Gasteiger partial charge in [-0.3, -0.25) is 4.79 Å². The Labute approximate surface area is 101 Å².